The number of hydrogen-bond donors (Lipinski definition) is 0. The third kappa shape index (κ3) is 4.05. The van der Waals surface area contributed by atoms with Gasteiger partial charge in [0.15, 0.2) is 0 Å². The second kappa shape index (κ2) is 9.00. The number of benzene rings is 2. The van der Waals surface area contributed by atoms with Gasteiger partial charge in [0, 0.05) is 18.5 Å². The fourth-order valence-electron chi connectivity index (χ4n) is 5.63. The molecule has 3 aromatic rings. The normalized spacial score (nSPS) is 24.0. The molecule has 4 atom stereocenters. The van der Waals surface area contributed by atoms with Crippen LogP contribution in [0.5, 0.6) is 5.75 Å². The van der Waals surface area contributed by atoms with E-state index < -0.39 is 15.9 Å². The highest BCUT2D eigenvalue weighted by Gasteiger charge is 2.55. The molecule has 8 heteroatoms. The summed E-state index contributed by atoms with van der Waals surface area (Å²) in [5.41, 5.74) is 1.69. The highest BCUT2D eigenvalue weighted by atomic mass is 32.2. The summed E-state index contributed by atoms with van der Waals surface area (Å²) in [6, 6.07) is 17.8. The van der Waals surface area contributed by atoms with E-state index >= 15 is 0 Å². The van der Waals surface area contributed by atoms with Gasteiger partial charge in [-0.25, -0.2) is 13.4 Å². The molecule has 1 aromatic heterocycles. The topological polar surface area (TPSA) is 85.8 Å². The monoisotopic (exact) mass is 480 g/mol. The first-order valence-electron chi connectivity index (χ1n) is 11.5. The first kappa shape index (κ1) is 22.8. The average molecular weight is 481 g/mol. The number of aromatic nitrogens is 1. The lowest BCUT2D eigenvalue weighted by Crippen LogP contribution is -2.48. The highest BCUT2D eigenvalue weighted by Crippen LogP contribution is 2.51. The molecule has 178 valence electrons. The minimum atomic E-state index is -3.77. The van der Waals surface area contributed by atoms with Crippen molar-refractivity contribution < 1.29 is 22.7 Å². The van der Waals surface area contributed by atoms with Gasteiger partial charge in [-0.15, -0.1) is 0 Å². The number of nitrogens with zero attached hydrogens (tertiary/aromatic N) is 2. The zero-order valence-corrected chi connectivity index (χ0v) is 20.1. The molecule has 0 spiro atoms. The first-order chi connectivity index (χ1) is 16.4. The molecule has 2 aromatic carbocycles. The summed E-state index contributed by atoms with van der Waals surface area (Å²) in [6.07, 6.45) is 2.77. The minimum absolute atomic E-state index is 0.178. The SMILES string of the molecule is COC(=O)C1C2CCC(C2)C1N(C)S(=O)(=O)c1ccc(OCc2ccc3ccccc3n2)cc1. The predicted molar refractivity (Wildman–Crippen MR) is 128 cm³/mol. The lowest BCUT2D eigenvalue weighted by Gasteiger charge is -2.35. The molecule has 2 aliphatic rings. The van der Waals surface area contributed by atoms with E-state index in [-0.39, 0.29) is 35.3 Å². The molecule has 1 heterocycles. The highest BCUT2D eigenvalue weighted by molar-refractivity contribution is 7.89. The van der Waals surface area contributed by atoms with Crippen molar-refractivity contribution in [1.29, 1.82) is 0 Å². The Hall–Kier alpha value is -2.97. The zero-order chi connectivity index (χ0) is 23.9. The quantitative estimate of drug-likeness (QED) is 0.475. The second-order valence-corrected chi connectivity index (χ2v) is 11.1. The number of para-hydroxylation sites is 1. The zero-order valence-electron chi connectivity index (χ0n) is 19.3. The maximum Gasteiger partial charge on any atom is 0.310 e. The lowest BCUT2D eigenvalue weighted by molar-refractivity contribution is -0.149. The summed E-state index contributed by atoms with van der Waals surface area (Å²) < 4.78 is 39.0. The van der Waals surface area contributed by atoms with Gasteiger partial charge in [-0.1, -0.05) is 24.3 Å². The summed E-state index contributed by atoms with van der Waals surface area (Å²) in [7, 11) is -0.827. The Kier molecular flexibility index (Phi) is 6.04. The number of sulfonamides is 1. The van der Waals surface area contributed by atoms with Crippen LogP contribution in [0.4, 0.5) is 0 Å². The number of ether oxygens (including phenoxy) is 2. The van der Waals surface area contributed by atoms with Gasteiger partial charge in [0.1, 0.15) is 12.4 Å². The molecule has 0 amide bonds. The van der Waals surface area contributed by atoms with Crippen LogP contribution in [-0.4, -0.2) is 43.9 Å². The van der Waals surface area contributed by atoms with Gasteiger partial charge in [-0.05, 0) is 67.5 Å². The standard InChI is InChI=1S/C26H28N2O5S/c1-28(25-19-8-7-18(15-19)24(25)26(29)32-2)34(30,31)22-13-11-21(12-14-22)33-16-20-10-9-17-5-3-4-6-23(17)27-20/h3-6,9-14,18-19,24-25H,7-8,15-16H2,1-2H3. The molecule has 2 saturated carbocycles. The Morgan fingerprint density at radius 2 is 1.76 bits per heavy atom. The van der Waals surface area contributed by atoms with Crippen LogP contribution in [0.2, 0.25) is 0 Å². The van der Waals surface area contributed by atoms with Crippen molar-refractivity contribution in [3.63, 3.8) is 0 Å². The Morgan fingerprint density at radius 3 is 2.53 bits per heavy atom. The molecule has 34 heavy (non-hydrogen) atoms. The molecule has 2 fully saturated rings. The summed E-state index contributed by atoms with van der Waals surface area (Å²) in [5, 5.41) is 1.06. The maximum absolute atomic E-state index is 13.4. The predicted octanol–water partition coefficient (Wildman–Crippen LogP) is 4.02. The van der Waals surface area contributed by atoms with Crippen LogP contribution in [0, 0.1) is 17.8 Å². The number of rotatable bonds is 7. The van der Waals surface area contributed by atoms with Crippen LogP contribution in [0.25, 0.3) is 10.9 Å². The van der Waals surface area contributed by atoms with Crippen molar-refractivity contribution in [2.45, 2.75) is 36.8 Å². The van der Waals surface area contributed by atoms with E-state index in [1.807, 2.05) is 36.4 Å². The number of carbonyl (C=O) groups excluding carboxylic acids is 1. The van der Waals surface area contributed by atoms with Gasteiger partial charge in [0.05, 0.1) is 29.1 Å². The first-order valence-corrected chi connectivity index (χ1v) is 13.0. The third-order valence-electron chi connectivity index (χ3n) is 7.31. The minimum Gasteiger partial charge on any atom is -0.487 e. The third-order valence-corrected chi connectivity index (χ3v) is 9.18. The van der Waals surface area contributed by atoms with E-state index in [9.17, 15) is 13.2 Å². The van der Waals surface area contributed by atoms with E-state index in [1.54, 1.807) is 31.3 Å². The number of methoxy groups -OCH3 is 1. The smallest absolute Gasteiger partial charge is 0.310 e. The second-order valence-electron chi connectivity index (χ2n) is 9.15. The van der Waals surface area contributed by atoms with E-state index in [4.69, 9.17) is 9.47 Å². The number of esters is 1. The van der Waals surface area contributed by atoms with Crippen LogP contribution in [0.1, 0.15) is 25.0 Å². The molecule has 0 aliphatic heterocycles. The van der Waals surface area contributed by atoms with E-state index in [1.165, 1.54) is 11.4 Å². The van der Waals surface area contributed by atoms with Gasteiger partial charge in [0.2, 0.25) is 10.0 Å². The van der Waals surface area contributed by atoms with Crippen LogP contribution >= 0.6 is 0 Å². The lowest BCUT2D eigenvalue weighted by atomic mass is 9.84. The van der Waals surface area contributed by atoms with Crippen molar-refractivity contribution in [3.05, 3.63) is 66.4 Å². The van der Waals surface area contributed by atoms with Crippen molar-refractivity contribution >= 4 is 26.9 Å². The van der Waals surface area contributed by atoms with Gasteiger partial charge in [-0.3, -0.25) is 4.79 Å². The van der Waals surface area contributed by atoms with Gasteiger partial charge in [0.25, 0.3) is 0 Å². The van der Waals surface area contributed by atoms with Crippen molar-refractivity contribution in [2.75, 3.05) is 14.2 Å². The largest absolute Gasteiger partial charge is 0.487 e. The maximum atomic E-state index is 13.4. The number of carbonyl (C=O) groups is 1. The van der Waals surface area contributed by atoms with Crippen LogP contribution in [0.3, 0.4) is 0 Å². The summed E-state index contributed by atoms with van der Waals surface area (Å²) in [4.78, 5) is 17.2. The Morgan fingerprint density at radius 1 is 1.03 bits per heavy atom. The van der Waals surface area contributed by atoms with E-state index in [2.05, 4.69) is 4.98 Å². The van der Waals surface area contributed by atoms with Gasteiger partial charge >= 0.3 is 5.97 Å². The molecule has 0 radical (unpaired) electrons. The van der Waals surface area contributed by atoms with E-state index in [0.29, 0.717) is 5.75 Å². The Bertz CT molecular complexity index is 1310. The molecule has 0 N–H and O–H groups in total. The molecular formula is C26H28N2O5S. The number of hydrogen-bond acceptors (Lipinski definition) is 6. The summed E-state index contributed by atoms with van der Waals surface area (Å²) in [5.74, 6) is 0.223. The number of pyridine rings is 1. The van der Waals surface area contributed by atoms with Crippen molar-refractivity contribution in [3.8, 4) is 5.75 Å². The molecule has 5 rings (SSSR count). The molecule has 7 nitrogen and oxygen atoms in total. The fourth-order valence-corrected chi connectivity index (χ4v) is 7.07. The van der Waals surface area contributed by atoms with Crippen molar-refractivity contribution in [2.24, 2.45) is 17.8 Å². The van der Waals surface area contributed by atoms with Crippen LogP contribution < -0.4 is 4.74 Å². The summed E-state index contributed by atoms with van der Waals surface area (Å²) >= 11 is 0. The molecule has 4 unspecified atom stereocenters. The van der Waals surface area contributed by atoms with Gasteiger partial charge < -0.3 is 9.47 Å². The summed E-state index contributed by atoms with van der Waals surface area (Å²) in [6.45, 7) is 0.281. The van der Waals surface area contributed by atoms with Crippen LogP contribution in [0.15, 0.2) is 65.6 Å². The molecular weight excluding hydrogens is 452 g/mol. The van der Waals surface area contributed by atoms with Crippen LogP contribution in [-0.2, 0) is 26.2 Å². The molecule has 2 bridgehead atoms. The average Bonchev–Trinajstić information content (AvgIpc) is 3.48. The van der Waals surface area contributed by atoms with E-state index in [0.717, 1.165) is 35.9 Å². The Labute approximate surface area is 199 Å². The number of fused-ring (bicyclic) bond motifs is 3. The molecule has 2 aliphatic carbocycles. The Balaban J connectivity index is 1.29. The molecule has 0 saturated heterocycles. The van der Waals surface area contributed by atoms with Gasteiger partial charge in [-0.2, -0.15) is 4.31 Å². The fraction of sp³-hybridized carbons (Fsp3) is 0.385. The van der Waals surface area contributed by atoms with Crippen molar-refractivity contribution in [1.82, 2.24) is 9.29 Å².